The second-order valence-corrected chi connectivity index (χ2v) is 5.67. The van der Waals surface area contributed by atoms with Crippen molar-refractivity contribution in [1.29, 1.82) is 0 Å². The molecule has 0 radical (unpaired) electrons. The van der Waals surface area contributed by atoms with Gasteiger partial charge in [0.05, 0.1) is 16.1 Å². The average Bonchev–Trinajstić information content (AvgIpc) is 2.54. The Bertz CT molecular complexity index is 858. The van der Waals surface area contributed by atoms with Gasteiger partial charge in [0.2, 0.25) is 0 Å². The van der Waals surface area contributed by atoms with Gasteiger partial charge < -0.3 is 9.64 Å². The molecule has 0 bridgehead atoms. The number of amides is 1. The SMILES string of the molecule is CN(C)C(=O)Oc1ccc(Cl)c2c1C(=O)c1ccccc1C2=O. The largest absolute Gasteiger partial charge is 0.414 e. The lowest BCUT2D eigenvalue weighted by Crippen LogP contribution is -2.28. The molecule has 116 valence electrons. The summed E-state index contributed by atoms with van der Waals surface area (Å²) < 4.78 is 5.22. The Kier molecular flexibility index (Phi) is 3.66. The molecule has 3 rings (SSSR count). The minimum absolute atomic E-state index is 0.0240. The van der Waals surface area contributed by atoms with Crippen LogP contribution in [0.4, 0.5) is 4.79 Å². The van der Waals surface area contributed by atoms with Crippen LogP contribution in [0.5, 0.6) is 5.75 Å². The molecule has 0 spiro atoms. The first-order valence-electron chi connectivity index (χ1n) is 6.82. The minimum Gasteiger partial charge on any atom is -0.409 e. The van der Waals surface area contributed by atoms with Crippen molar-refractivity contribution in [2.45, 2.75) is 0 Å². The molecule has 6 heteroatoms. The number of rotatable bonds is 1. The Morgan fingerprint density at radius 1 is 0.957 bits per heavy atom. The van der Waals surface area contributed by atoms with E-state index in [-0.39, 0.29) is 39.0 Å². The van der Waals surface area contributed by atoms with E-state index in [1.807, 2.05) is 0 Å². The molecule has 0 aromatic heterocycles. The quantitative estimate of drug-likeness (QED) is 0.688. The van der Waals surface area contributed by atoms with Crippen LogP contribution in [0.15, 0.2) is 36.4 Å². The lowest BCUT2D eigenvalue weighted by Gasteiger charge is -2.21. The average molecular weight is 330 g/mol. The van der Waals surface area contributed by atoms with Gasteiger partial charge in [0.15, 0.2) is 11.6 Å². The predicted molar refractivity (Wildman–Crippen MR) is 84.5 cm³/mol. The Hall–Kier alpha value is -2.66. The molecular formula is C17H12ClNO4. The van der Waals surface area contributed by atoms with Gasteiger partial charge in [-0.15, -0.1) is 0 Å². The molecule has 0 atom stereocenters. The number of carbonyl (C=O) groups excluding carboxylic acids is 3. The summed E-state index contributed by atoms with van der Waals surface area (Å²) in [6.45, 7) is 0. The van der Waals surface area contributed by atoms with Crippen LogP contribution in [-0.4, -0.2) is 36.7 Å². The van der Waals surface area contributed by atoms with Crippen LogP contribution in [-0.2, 0) is 0 Å². The van der Waals surface area contributed by atoms with Crippen molar-refractivity contribution in [3.05, 3.63) is 63.7 Å². The lowest BCUT2D eigenvalue weighted by atomic mass is 9.83. The van der Waals surface area contributed by atoms with Crippen molar-refractivity contribution in [3.8, 4) is 5.75 Å². The van der Waals surface area contributed by atoms with Gasteiger partial charge in [0.1, 0.15) is 5.75 Å². The highest BCUT2D eigenvalue weighted by Gasteiger charge is 2.34. The van der Waals surface area contributed by atoms with Crippen LogP contribution in [0.1, 0.15) is 31.8 Å². The van der Waals surface area contributed by atoms with E-state index in [4.69, 9.17) is 16.3 Å². The van der Waals surface area contributed by atoms with Gasteiger partial charge in [-0.3, -0.25) is 9.59 Å². The summed E-state index contributed by atoms with van der Waals surface area (Å²) >= 11 is 6.12. The van der Waals surface area contributed by atoms with E-state index in [2.05, 4.69) is 0 Å². The summed E-state index contributed by atoms with van der Waals surface area (Å²) in [5, 5.41) is 0.150. The van der Waals surface area contributed by atoms with E-state index in [0.29, 0.717) is 5.56 Å². The second kappa shape index (κ2) is 5.52. The molecule has 0 saturated carbocycles. The molecule has 23 heavy (non-hydrogen) atoms. The summed E-state index contributed by atoms with van der Waals surface area (Å²) in [7, 11) is 3.04. The van der Waals surface area contributed by atoms with Crippen LogP contribution in [0.2, 0.25) is 5.02 Å². The van der Waals surface area contributed by atoms with Gasteiger partial charge in [-0.05, 0) is 12.1 Å². The molecule has 0 aliphatic heterocycles. The monoisotopic (exact) mass is 329 g/mol. The molecule has 2 aromatic carbocycles. The maximum absolute atomic E-state index is 12.8. The van der Waals surface area contributed by atoms with Gasteiger partial charge in [0, 0.05) is 25.2 Å². The molecule has 1 aliphatic carbocycles. The first kappa shape index (κ1) is 15.2. The highest BCUT2D eigenvalue weighted by Crippen LogP contribution is 2.37. The van der Waals surface area contributed by atoms with Crippen molar-refractivity contribution in [2.24, 2.45) is 0 Å². The summed E-state index contributed by atoms with van der Waals surface area (Å²) in [6, 6.07) is 9.35. The van der Waals surface area contributed by atoms with Crippen molar-refractivity contribution in [1.82, 2.24) is 4.90 Å². The maximum Gasteiger partial charge on any atom is 0.414 e. The molecule has 0 N–H and O–H groups in total. The standard InChI is InChI=1S/C17H12ClNO4/c1-19(2)17(22)23-12-8-7-11(18)13-14(12)16(21)10-6-4-3-5-9(10)15(13)20/h3-8H,1-2H3. The number of hydrogen-bond donors (Lipinski definition) is 0. The third-order valence-electron chi connectivity index (χ3n) is 3.55. The van der Waals surface area contributed by atoms with Crippen LogP contribution in [0.3, 0.4) is 0 Å². The van der Waals surface area contributed by atoms with E-state index in [1.165, 1.54) is 31.1 Å². The zero-order valence-corrected chi connectivity index (χ0v) is 13.2. The maximum atomic E-state index is 12.8. The topological polar surface area (TPSA) is 63.7 Å². The second-order valence-electron chi connectivity index (χ2n) is 5.26. The van der Waals surface area contributed by atoms with Crippen molar-refractivity contribution in [3.63, 3.8) is 0 Å². The first-order valence-corrected chi connectivity index (χ1v) is 7.19. The van der Waals surface area contributed by atoms with Gasteiger partial charge in [-0.25, -0.2) is 4.79 Å². The third-order valence-corrected chi connectivity index (χ3v) is 3.86. The van der Waals surface area contributed by atoms with E-state index < -0.39 is 6.09 Å². The molecule has 1 amide bonds. The van der Waals surface area contributed by atoms with Crippen molar-refractivity contribution >= 4 is 29.3 Å². The van der Waals surface area contributed by atoms with Crippen LogP contribution in [0, 0.1) is 0 Å². The van der Waals surface area contributed by atoms with Gasteiger partial charge in [-0.1, -0.05) is 35.9 Å². The summed E-state index contributed by atoms with van der Waals surface area (Å²) in [6.07, 6.45) is -0.645. The smallest absolute Gasteiger partial charge is 0.409 e. The van der Waals surface area contributed by atoms with E-state index in [1.54, 1.807) is 24.3 Å². The number of ketones is 2. The molecule has 0 heterocycles. The Labute approximate surface area is 137 Å². The molecule has 0 saturated heterocycles. The zero-order valence-electron chi connectivity index (χ0n) is 12.4. The Morgan fingerprint density at radius 2 is 1.52 bits per heavy atom. The number of nitrogens with zero attached hydrogens (tertiary/aromatic N) is 1. The third kappa shape index (κ3) is 2.39. The van der Waals surface area contributed by atoms with Gasteiger partial charge >= 0.3 is 6.09 Å². The number of hydrogen-bond acceptors (Lipinski definition) is 4. The van der Waals surface area contributed by atoms with E-state index >= 15 is 0 Å². The fraction of sp³-hybridized carbons (Fsp3) is 0.118. The van der Waals surface area contributed by atoms with Gasteiger partial charge in [-0.2, -0.15) is 0 Å². The number of fused-ring (bicyclic) bond motifs is 2. The number of halogens is 1. The number of carbonyl (C=O) groups is 3. The first-order chi connectivity index (χ1) is 10.9. The fourth-order valence-electron chi connectivity index (χ4n) is 2.42. The molecule has 0 unspecified atom stereocenters. The fourth-order valence-corrected chi connectivity index (χ4v) is 2.67. The number of benzene rings is 2. The molecule has 2 aromatic rings. The van der Waals surface area contributed by atoms with Crippen LogP contribution >= 0.6 is 11.6 Å². The molecular weight excluding hydrogens is 318 g/mol. The summed E-state index contributed by atoms with van der Waals surface area (Å²) in [5.41, 5.74) is 0.660. The zero-order chi connectivity index (χ0) is 16.7. The van der Waals surface area contributed by atoms with E-state index in [9.17, 15) is 14.4 Å². The molecule has 1 aliphatic rings. The molecule has 0 fully saturated rings. The summed E-state index contributed by atoms with van der Waals surface area (Å²) in [4.78, 5) is 38.4. The number of ether oxygens (including phenoxy) is 1. The Morgan fingerprint density at radius 3 is 2.09 bits per heavy atom. The summed E-state index contributed by atoms with van der Waals surface area (Å²) in [5.74, 6) is -0.724. The van der Waals surface area contributed by atoms with Crippen molar-refractivity contribution < 1.29 is 19.1 Å². The van der Waals surface area contributed by atoms with Gasteiger partial charge in [0.25, 0.3) is 0 Å². The highest BCUT2D eigenvalue weighted by atomic mass is 35.5. The van der Waals surface area contributed by atoms with Crippen LogP contribution in [0.25, 0.3) is 0 Å². The minimum atomic E-state index is -0.645. The highest BCUT2D eigenvalue weighted by molar-refractivity contribution is 6.39. The van der Waals surface area contributed by atoms with E-state index in [0.717, 1.165) is 0 Å². The lowest BCUT2D eigenvalue weighted by molar-refractivity contribution is 0.0976. The molecule has 5 nitrogen and oxygen atoms in total. The Balaban J connectivity index is 2.21. The van der Waals surface area contributed by atoms with Crippen molar-refractivity contribution in [2.75, 3.05) is 14.1 Å². The van der Waals surface area contributed by atoms with Crippen LogP contribution < -0.4 is 4.74 Å². The predicted octanol–water partition coefficient (Wildman–Crippen LogP) is 3.18. The normalized spacial score (nSPS) is 12.5.